The number of hydrogen-bond donors (Lipinski definition) is 0. The lowest BCUT2D eigenvalue weighted by atomic mass is 10.3. The molecule has 0 aromatic carbocycles. The van der Waals surface area contributed by atoms with Gasteiger partial charge in [-0.3, -0.25) is 4.90 Å². The summed E-state index contributed by atoms with van der Waals surface area (Å²) < 4.78 is 5.13. The monoisotopic (exact) mass is 308 g/mol. The van der Waals surface area contributed by atoms with Crippen molar-refractivity contribution in [2.75, 3.05) is 31.1 Å². The molecule has 1 saturated heterocycles. The van der Waals surface area contributed by atoms with E-state index in [9.17, 15) is 0 Å². The normalized spacial score (nSPS) is 16.4. The van der Waals surface area contributed by atoms with Crippen LogP contribution >= 0.6 is 11.6 Å². The second kappa shape index (κ2) is 6.36. The fraction of sp³-hybridized carbons (Fsp3) is 0.538. The summed E-state index contributed by atoms with van der Waals surface area (Å²) in [5.74, 6) is 2.25. The highest BCUT2D eigenvalue weighted by Crippen LogP contribution is 2.22. The van der Waals surface area contributed by atoms with Crippen molar-refractivity contribution in [1.29, 1.82) is 0 Å². The van der Waals surface area contributed by atoms with Crippen LogP contribution in [0.3, 0.4) is 0 Å². The predicted octanol–water partition coefficient (Wildman–Crippen LogP) is 1.40. The van der Waals surface area contributed by atoms with Crippen molar-refractivity contribution in [3.63, 3.8) is 0 Å². The second-order valence-electron chi connectivity index (χ2n) is 4.92. The van der Waals surface area contributed by atoms with Crippen LogP contribution in [0.25, 0.3) is 0 Å². The Morgan fingerprint density at radius 2 is 2.10 bits per heavy atom. The highest BCUT2D eigenvalue weighted by atomic mass is 35.5. The van der Waals surface area contributed by atoms with Crippen LogP contribution in [0.2, 0.25) is 5.02 Å². The molecule has 0 N–H and O–H groups in total. The van der Waals surface area contributed by atoms with E-state index >= 15 is 0 Å². The maximum atomic E-state index is 6.13. The lowest BCUT2D eigenvalue weighted by Crippen LogP contribution is -2.46. The highest BCUT2D eigenvalue weighted by Gasteiger charge is 2.21. The molecule has 21 heavy (non-hydrogen) atoms. The van der Waals surface area contributed by atoms with Gasteiger partial charge in [0.1, 0.15) is 11.3 Å². The lowest BCUT2D eigenvalue weighted by molar-refractivity contribution is 0.239. The van der Waals surface area contributed by atoms with Gasteiger partial charge in [0.05, 0.1) is 12.7 Å². The number of piperazine rings is 1. The molecule has 0 radical (unpaired) electrons. The Labute approximate surface area is 127 Å². The molecule has 2 aromatic heterocycles. The summed E-state index contributed by atoms with van der Waals surface area (Å²) >= 11 is 6.13. The maximum absolute atomic E-state index is 6.13. The minimum absolute atomic E-state index is 0.594. The number of hydrogen-bond acceptors (Lipinski definition) is 7. The minimum Gasteiger partial charge on any atom is -0.353 e. The van der Waals surface area contributed by atoms with Crippen LogP contribution in [-0.2, 0) is 13.0 Å². The van der Waals surface area contributed by atoms with E-state index in [1.165, 1.54) is 6.33 Å². The van der Waals surface area contributed by atoms with Crippen LogP contribution in [0.15, 0.2) is 17.0 Å². The molecular weight excluding hydrogens is 292 g/mol. The molecule has 0 spiro atoms. The first kappa shape index (κ1) is 14.2. The average molecular weight is 309 g/mol. The van der Waals surface area contributed by atoms with Gasteiger partial charge >= 0.3 is 0 Å². The largest absolute Gasteiger partial charge is 0.353 e. The van der Waals surface area contributed by atoms with E-state index in [-0.39, 0.29) is 0 Å². The van der Waals surface area contributed by atoms with Crippen LogP contribution in [0.1, 0.15) is 18.6 Å². The first-order chi connectivity index (χ1) is 10.3. The molecule has 3 heterocycles. The van der Waals surface area contributed by atoms with Crippen molar-refractivity contribution in [2.24, 2.45) is 0 Å². The molecule has 0 bridgehead atoms. The number of nitrogens with zero attached hydrogens (tertiary/aromatic N) is 6. The smallest absolute Gasteiger partial charge is 0.226 e. The van der Waals surface area contributed by atoms with Crippen LogP contribution in [0.4, 0.5) is 5.82 Å². The van der Waals surface area contributed by atoms with Crippen molar-refractivity contribution in [3.8, 4) is 0 Å². The summed E-state index contributed by atoms with van der Waals surface area (Å²) in [6.45, 7) is 6.29. The highest BCUT2D eigenvalue weighted by molar-refractivity contribution is 6.32. The van der Waals surface area contributed by atoms with E-state index in [0.717, 1.165) is 50.8 Å². The van der Waals surface area contributed by atoms with Crippen molar-refractivity contribution < 1.29 is 4.52 Å². The zero-order valence-corrected chi connectivity index (χ0v) is 12.6. The quantitative estimate of drug-likeness (QED) is 0.845. The number of aromatic nitrogens is 4. The molecule has 3 rings (SSSR count). The summed E-state index contributed by atoms with van der Waals surface area (Å²) in [6, 6.07) is 0. The van der Waals surface area contributed by atoms with Crippen LogP contribution in [0.5, 0.6) is 0 Å². The van der Waals surface area contributed by atoms with E-state index < -0.39 is 0 Å². The summed E-state index contributed by atoms with van der Waals surface area (Å²) in [5, 5.41) is 4.58. The van der Waals surface area contributed by atoms with Gasteiger partial charge in [0.2, 0.25) is 5.89 Å². The Morgan fingerprint density at radius 1 is 1.29 bits per heavy atom. The molecule has 0 saturated carbocycles. The molecule has 0 unspecified atom stereocenters. The molecule has 1 fully saturated rings. The van der Waals surface area contributed by atoms with Crippen molar-refractivity contribution in [2.45, 2.75) is 19.9 Å². The molecule has 1 aliphatic heterocycles. The third kappa shape index (κ3) is 3.30. The van der Waals surface area contributed by atoms with Gasteiger partial charge in [0, 0.05) is 32.6 Å². The molecule has 1 aliphatic rings. The summed E-state index contributed by atoms with van der Waals surface area (Å²) in [4.78, 5) is 17.0. The van der Waals surface area contributed by atoms with Gasteiger partial charge in [-0.25, -0.2) is 9.97 Å². The zero-order valence-electron chi connectivity index (χ0n) is 11.9. The van der Waals surface area contributed by atoms with Gasteiger partial charge in [-0.2, -0.15) is 4.98 Å². The number of anilines is 1. The summed E-state index contributed by atoms with van der Waals surface area (Å²) in [6.07, 6.45) is 3.92. The van der Waals surface area contributed by atoms with E-state index in [1.807, 2.05) is 6.92 Å². The van der Waals surface area contributed by atoms with Crippen molar-refractivity contribution >= 4 is 17.4 Å². The molecule has 0 atom stereocenters. The standard InChI is InChI=1S/C13H17ClN6O/c1-2-12-17-11(18-21-12)8-19-3-5-20(6-4-19)13-10(14)7-15-9-16-13/h7,9H,2-6,8H2,1H3. The molecular formula is C13H17ClN6O. The SMILES string of the molecule is CCc1nc(CN2CCN(c3ncncc3Cl)CC2)no1. The van der Waals surface area contributed by atoms with Gasteiger partial charge in [-0.1, -0.05) is 23.7 Å². The summed E-state index contributed by atoms with van der Waals surface area (Å²) in [5.41, 5.74) is 0. The first-order valence-electron chi connectivity index (χ1n) is 7.00. The van der Waals surface area contributed by atoms with E-state index in [2.05, 4.69) is 29.9 Å². The van der Waals surface area contributed by atoms with Gasteiger partial charge in [0.25, 0.3) is 0 Å². The first-order valence-corrected chi connectivity index (χ1v) is 7.38. The minimum atomic E-state index is 0.594. The Hall–Kier alpha value is -1.73. The Balaban J connectivity index is 1.56. The topological polar surface area (TPSA) is 71.2 Å². The van der Waals surface area contributed by atoms with Gasteiger partial charge in [0.15, 0.2) is 11.6 Å². The zero-order chi connectivity index (χ0) is 14.7. The Bertz CT molecular complexity index is 596. The molecule has 8 heteroatoms. The maximum Gasteiger partial charge on any atom is 0.226 e. The van der Waals surface area contributed by atoms with E-state index in [1.54, 1.807) is 6.20 Å². The molecule has 0 amide bonds. The Kier molecular flexibility index (Phi) is 4.31. The second-order valence-corrected chi connectivity index (χ2v) is 5.32. The summed E-state index contributed by atoms with van der Waals surface area (Å²) in [7, 11) is 0. The predicted molar refractivity (Wildman–Crippen MR) is 78.2 cm³/mol. The molecule has 2 aromatic rings. The van der Waals surface area contributed by atoms with E-state index in [4.69, 9.17) is 16.1 Å². The van der Waals surface area contributed by atoms with Crippen LogP contribution in [0, 0.1) is 0 Å². The molecule has 0 aliphatic carbocycles. The van der Waals surface area contributed by atoms with Crippen LogP contribution in [-0.4, -0.2) is 51.2 Å². The third-order valence-corrected chi connectivity index (χ3v) is 3.76. The van der Waals surface area contributed by atoms with Gasteiger partial charge in [-0.15, -0.1) is 0 Å². The molecule has 7 nitrogen and oxygen atoms in total. The molecule has 112 valence electrons. The van der Waals surface area contributed by atoms with Crippen molar-refractivity contribution in [3.05, 3.63) is 29.3 Å². The van der Waals surface area contributed by atoms with Crippen LogP contribution < -0.4 is 4.90 Å². The van der Waals surface area contributed by atoms with E-state index in [0.29, 0.717) is 10.9 Å². The number of aryl methyl sites for hydroxylation is 1. The van der Waals surface area contributed by atoms with Crippen molar-refractivity contribution in [1.82, 2.24) is 25.0 Å². The fourth-order valence-corrected chi connectivity index (χ4v) is 2.58. The lowest BCUT2D eigenvalue weighted by Gasteiger charge is -2.34. The van der Waals surface area contributed by atoms with Gasteiger partial charge in [-0.05, 0) is 0 Å². The van der Waals surface area contributed by atoms with Gasteiger partial charge < -0.3 is 9.42 Å². The fourth-order valence-electron chi connectivity index (χ4n) is 2.35. The average Bonchev–Trinajstić information content (AvgIpc) is 2.96. The third-order valence-electron chi connectivity index (χ3n) is 3.50. The number of halogens is 1. The Morgan fingerprint density at radius 3 is 2.76 bits per heavy atom. The number of rotatable bonds is 4.